The second-order valence-corrected chi connectivity index (χ2v) is 6.09. The lowest BCUT2D eigenvalue weighted by atomic mass is 10.2. The van der Waals surface area contributed by atoms with E-state index < -0.39 is 11.9 Å². The predicted octanol–water partition coefficient (Wildman–Crippen LogP) is 5.72. The van der Waals surface area contributed by atoms with Gasteiger partial charge in [0.25, 0.3) is 0 Å². The first kappa shape index (κ1) is 24.6. The van der Waals surface area contributed by atoms with Crippen LogP contribution in [0.2, 0.25) is 0 Å². The molecule has 0 amide bonds. The maximum atomic E-state index is 10.4. The average Bonchev–Trinajstić information content (AvgIpc) is 2.61. The summed E-state index contributed by atoms with van der Waals surface area (Å²) in [5.74, 6) is -1.92. The van der Waals surface area contributed by atoms with E-state index in [2.05, 4.69) is 0 Å². The van der Waals surface area contributed by atoms with Gasteiger partial charge in [-0.1, -0.05) is 95.2 Å². The van der Waals surface area contributed by atoms with E-state index in [4.69, 9.17) is 10.2 Å². The number of hydrogen-bond acceptors (Lipinski definition) is 2. The quantitative estimate of drug-likeness (QED) is 0.375. The minimum Gasteiger partial charge on any atom is -0.478 e. The van der Waals surface area contributed by atoms with Crippen molar-refractivity contribution in [2.24, 2.45) is 0 Å². The zero-order valence-electron chi connectivity index (χ0n) is 16.8. The number of carboxylic acid groups (broad SMARTS) is 2. The van der Waals surface area contributed by atoms with Crippen LogP contribution in [0.25, 0.3) is 0 Å². The fourth-order valence-corrected chi connectivity index (χ4v) is 1.75. The van der Waals surface area contributed by atoms with Crippen molar-refractivity contribution in [3.05, 3.63) is 107 Å². The molecule has 4 nitrogen and oxygen atoms in total. The van der Waals surface area contributed by atoms with Gasteiger partial charge in [0.1, 0.15) is 0 Å². The SMILES string of the molecule is CC(=C/C=C\C(C)=C\C=C\C=C(C)\C=C/C=C(C)\C=C\C(=O)O)/C=C/C(=O)O. The van der Waals surface area contributed by atoms with Crippen LogP contribution in [-0.2, 0) is 9.59 Å². The summed E-state index contributed by atoms with van der Waals surface area (Å²) in [7, 11) is 0. The number of rotatable bonds is 10. The summed E-state index contributed by atoms with van der Waals surface area (Å²) in [4.78, 5) is 20.9. The van der Waals surface area contributed by atoms with Gasteiger partial charge in [0.15, 0.2) is 0 Å². The fraction of sp³-hybridized carbons (Fsp3) is 0.167. The smallest absolute Gasteiger partial charge is 0.328 e. The summed E-state index contributed by atoms with van der Waals surface area (Å²) in [6.07, 6.45) is 24.5. The number of aliphatic carboxylic acids is 2. The average molecular weight is 380 g/mol. The van der Waals surface area contributed by atoms with Crippen LogP contribution >= 0.6 is 0 Å². The Labute approximate surface area is 167 Å². The lowest BCUT2D eigenvalue weighted by molar-refractivity contribution is -0.132. The standard InChI is InChI=1S/C24H28O4/c1-19(11-7-13-21(3)15-17-23(25)26)9-5-6-10-20(2)12-8-14-22(4)16-18-24(27)28/h5-18H,1-4H3,(H,25,26)(H,27,28)/b6-5+,11-7-,12-8-,17-15+,18-16+,19-9+,20-10+,21-13-,22-14-. The molecule has 0 aliphatic heterocycles. The van der Waals surface area contributed by atoms with Crippen molar-refractivity contribution in [3.63, 3.8) is 0 Å². The number of carbonyl (C=O) groups is 2. The molecule has 0 atom stereocenters. The van der Waals surface area contributed by atoms with Gasteiger partial charge in [-0.2, -0.15) is 0 Å². The first-order valence-electron chi connectivity index (χ1n) is 8.74. The van der Waals surface area contributed by atoms with Gasteiger partial charge in [0, 0.05) is 12.2 Å². The molecule has 0 unspecified atom stereocenters. The van der Waals surface area contributed by atoms with Gasteiger partial charge >= 0.3 is 11.9 Å². The molecule has 0 aromatic heterocycles. The van der Waals surface area contributed by atoms with Crippen LogP contribution in [0.4, 0.5) is 0 Å². The highest BCUT2D eigenvalue weighted by atomic mass is 16.4. The third-order valence-corrected chi connectivity index (χ3v) is 3.24. The third kappa shape index (κ3) is 16.1. The summed E-state index contributed by atoms with van der Waals surface area (Å²) in [5, 5.41) is 17.1. The van der Waals surface area contributed by atoms with Crippen LogP contribution in [0.5, 0.6) is 0 Å². The highest BCUT2D eigenvalue weighted by Crippen LogP contribution is 2.02. The molecule has 0 bridgehead atoms. The zero-order chi connectivity index (χ0) is 21.4. The van der Waals surface area contributed by atoms with E-state index in [0.717, 1.165) is 34.4 Å². The van der Waals surface area contributed by atoms with Crippen molar-refractivity contribution >= 4 is 11.9 Å². The van der Waals surface area contributed by atoms with Gasteiger partial charge < -0.3 is 10.2 Å². The van der Waals surface area contributed by atoms with E-state index in [-0.39, 0.29) is 0 Å². The molecule has 0 aromatic rings. The molecule has 0 heterocycles. The Hall–Kier alpha value is -3.40. The Bertz CT molecular complexity index is 740. The summed E-state index contributed by atoms with van der Waals surface area (Å²) in [6.45, 7) is 7.63. The molecule has 0 rings (SSSR count). The molecule has 148 valence electrons. The second-order valence-electron chi connectivity index (χ2n) is 6.09. The Kier molecular flexibility index (Phi) is 12.9. The summed E-state index contributed by atoms with van der Waals surface area (Å²) < 4.78 is 0. The van der Waals surface area contributed by atoms with Crippen molar-refractivity contribution in [2.75, 3.05) is 0 Å². The van der Waals surface area contributed by atoms with E-state index in [0.29, 0.717) is 0 Å². The van der Waals surface area contributed by atoms with Crippen molar-refractivity contribution in [2.45, 2.75) is 27.7 Å². The van der Waals surface area contributed by atoms with E-state index in [1.54, 1.807) is 12.2 Å². The largest absolute Gasteiger partial charge is 0.478 e. The van der Waals surface area contributed by atoms with Crippen LogP contribution in [-0.4, -0.2) is 22.2 Å². The highest BCUT2D eigenvalue weighted by molar-refractivity contribution is 5.80. The second kappa shape index (κ2) is 14.7. The van der Waals surface area contributed by atoms with Gasteiger partial charge in [-0.25, -0.2) is 9.59 Å². The Morgan fingerprint density at radius 2 is 0.750 bits per heavy atom. The molecular weight excluding hydrogens is 352 g/mol. The predicted molar refractivity (Wildman–Crippen MR) is 116 cm³/mol. The maximum absolute atomic E-state index is 10.4. The minimum atomic E-state index is -0.961. The van der Waals surface area contributed by atoms with Crippen LogP contribution in [0.15, 0.2) is 107 Å². The van der Waals surface area contributed by atoms with E-state index >= 15 is 0 Å². The van der Waals surface area contributed by atoms with Gasteiger partial charge in [0.2, 0.25) is 0 Å². The summed E-state index contributed by atoms with van der Waals surface area (Å²) >= 11 is 0. The first-order valence-corrected chi connectivity index (χ1v) is 8.74. The Balaban J connectivity index is 4.66. The van der Waals surface area contributed by atoms with Crippen molar-refractivity contribution < 1.29 is 19.8 Å². The molecule has 0 spiro atoms. The molecule has 0 saturated heterocycles. The molecule has 2 N–H and O–H groups in total. The maximum Gasteiger partial charge on any atom is 0.328 e. The number of carboxylic acids is 2. The topological polar surface area (TPSA) is 74.6 Å². The molecule has 0 aliphatic carbocycles. The van der Waals surface area contributed by atoms with Crippen molar-refractivity contribution in [1.29, 1.82) is 0 Å². The summed E-state index contributed by atoms with van der Waals surface area (Å²) in [5.41, 5.74) is 3.84. The summed E-state index contributed by atoms with van der Waals surface area (Å²) in [6, 6.07) is 0. The Morgan fingerprint density at radius 3 is 1.07 bits per heavy atom. The molecule has 28 heavy (non-hydrogen) atoms. The van der Waals surface area contributed by atoms with E-state index in [1.807, 2.05) is 88.5 Å². The molecule has 0 fully saturated rings. The lowest BCUT2D eigenvalue weighted by Gasteiger charge is -1.90. The third-order valence-electron chi connectivity index (χ3n) is 3.24. The van der Waals surface area contributed by atoms with Crippen LogP contribution < -0.4 is 0 Å². The lowest BCUT2D eigenvalue weighted by Crippen LogP contribution is -1.85. The fourth-order valence-electron chi connectivity index (χ4n) is 1.75. The van der Waals surface area contributed by atoms with Crippen LogP contribution in [0.3, 0.4) is 0 Å². The van der Waals surface area contributed by atoms with Crippen LogP contribution in [0.1, 0.15) is 27.7 Å². The molecular formula is C24H28O4. The van der Waals surface area contributed by atoms with E-state index in [1.165, 1.54) is 0 Å². The minimum absolute atomic E-state index is 0.857. The van der Waals surface area contributed by atoms with Gasteiger partial charge in [-0.05, 0) is 27.7 Å². The van der Waals surface area contributed by atoms with Crippen molar-refractivity contribution in [3.8, 4) is 0 Å². The van der Waals surface area contributed by atoms with Crippen molar-refractivity contribution in [1.82, 2.24) is 0 Å². The van der Waals surface area contributed by atoms with Gasteiger partial charge in [0.05, 0.1) is 0 Å². The zero-order valence-corrected chi connectivity index (χ0v) is 16.8. The highest BCUT2D eigenvalue weighted by Gasteiger charge is 1.86. The normalized spacial score (nSPS) is 15.1. The number of hydrogen-bond donors (Lipinski definition) is 2. The first-order chi connectivity index (χ1) is 13.2. The molecule has 0 aromatic carbocycles. The monoisotopic (exact) mass is 380 g/mol. The van der Waals surface area contributed by atoms with Gasteiger partial charge in [-0.15, -0.1) is 0 Å². The molecule has 0 radical (unpaired) electrons. The molecule has 0 saturated carbocycles. The molecule has 4 heteroatoms. The Morgan fingerprint density at radius 1 is 0.464 bits per heavy atom. The molecule has 0 aliphatic rings. The van der Waals surface area contributed by atoms with Gasteiger partial charge in [-0.3, -0.25) is 0 Å². The number of allylic oxidation sites excluding steroid dienone is 16. The van der Waals surface area contributed by atoms with Crippen LogP contribution in [0, 0.1) is 0 Å². The van der Waals surface area contributed by atoms with E-state index in [9.17, 15) is 9.59 Å².